The van der Waals surface area contributed by atoms with Crippen LogP contribution in [-0.4, -0.2) is 21.9 Å². The predicted octanol–water partition coefficient (Wildman–Crippen LogP) is 0.883. The number of aliphatic hydroxyl groups is 1. The SMILES string of the molecule is Cc1c(O)c(O)cc[n+]1[C@@H](CO)C(C)C. The van der Waals surface area contributed by atoms with Crippen molar-refractivity contribution in [1.82, 2.24) is 0 Å². The van der Waals surface area contributed by atoms with E-state index in [-0.39, 0.29) is 30.1 Å². The van der Waals surface area contributed by atoms with Crippen LogP contribution in [0.4, 0.5) is 0 Å². The van der Waals surface area contributed by atoms with Crippen molar-refractivity contribution in [1.29, 1.82) is 0 Å². The zero-order valence-electron chi connectivity index (χ0n) is 9.31. The van der Waals surface area contributed by atoms with E-state index in [2.05, 4.69) is 0 Å². The quantitative estimate of drug-likeness (QED) is 0.652. The van der Waals surface area contributed by atoms with Gasteiger partial charge in [-0.1, -0.05) is 13.8 Å². The zero-order chi connectivity index (χ0) is 11.6. The van der Waals surface area contributed by atoms with Crippen LogP contribution in [0.3, 0.4) is 0 Å². The van der Waals surface area contributed by atoms with Crippen LogP contribution in [-0.2, 0) is 0 Å². The summed E-state index contributed by atoms with van der Waals surface area (Å²) in [6.07, 6.45) is 1.67. The van der Waals surface area contributed by atoms with E-state index in [1.807, 2.05) is 13.8 Å². The Balaban J connectivity index is 3.19. The van der Waals surface area contributed by atoms with Gasteiger partial charge in [-0.3, -0.25) is 0 Å². The Bertz CT molecular complexity index is 350. The lowest BCUT2D eigenvalue weighted by Gasteiger charge is -2.15. The van der Waals surface area contributed by atoms with Gasteiger partial charge >= 0.3 is 0 Å². The largest absolute Gasteiger partial charge is 0.504 e. The monoisotopic (exact) mass is 212 g/mol. The Kier molecular flexibility index (Phi) is 3.52. The summed E-state index contributed by atoms with van der Waals surface area (Å²) in [7, 11) is 0. The van der Waals surface area contributed by atoms with Crippen LogP contribution in [0.2, 0.25) is 0 Å². The van der Waals surface area contributed by atoms with E-state index in [9.17, 15) is 15.3 Å². The highest BCUT2D eigenvalue weighted by molar-refractivity contribution is 5.36. The summed E-state index contributed by atoms with van der Waals surface area (Å²) >= 11 is 0. The molecule has 4 nitrogen and oxygen atoms in total. The molecule has 0 aliphatic carbocycles. The standard InChI is InChI=1S/C11H17NO3/c1-7(2)9(6-13)12-5-4-10(14)11(15)8(12)3/h4-5,7,9,13,15H,6H2,1-3H3/p+1/t9-/m0/s1. The van der Waals surface area contributed by atoms with Gasteiger partial charge < -0.3 is 15.3 Å². The van der Waals surface area contributed by atoms with E-state index >= 15 is 0 Å². The lowest BCUT2D eigenvalue weighted by atomic mass is 10.0. The molecule has 0 amide bonds. The van der Waals surface area contributed by atoms with Gasteiger partial charge in [0.15, 0.2) is 18.0 Å². The van der Waals surface area contributed by atoms with E-state index in [0.717, 1.165) is 0 Å². The van der Waals surface area contributed by atoms with Gasteiger partial charge in [-0.15, -0.1) is 0 Å². The first-order chi connectivity index (χ1) is 6.99. The van der Waals surface area contributed by atoms with Crippen molar-refractivity contribution in [2.24, 2.45) is 5.92 Å². The van der Waals surface area contributed by atoms with Crippen molar-refractivity contribution in [3.63, 3.8) is 0 Å². The van der Waals surface area contributed by atoms with Crippen molar-refractivity contribution in [3.8, 4) is 11.5 Å². The molecule has 3 N–H and O–H groups in total. The topological polar surface area (TPSA) is 64.6 Å². The highest BCUT2D eigenvalue weighted by Crippen LogP contribution is 2.26. The van der Waals surface area contributed by atoms with Gasteiger partial charge in [0.05, 0.1) is 0 Å². The summed E-state index contributed by atoms with van der Waals surface area (Å²) < 4.78 is 1.78. The third-order valence-electron chi connectivity index (χ3n) is 2.68. The van der Waals surface area contributed by atoms with Crippen LogP contribution in [0, 0.1) is 12.8 Å². The fourth-order valence-electron chi connectivity index (χ4n) is 1.63. The number of aromatic nitrogens is 1. The molecule has 84 valence electrons. The molecule has 0 saturated heterocycles. The average molecular weight is 212 g/mol. The normalized spacial score (nSPS) is 13.1. The molecule has 0 fully saturated rings. The molecule has 0 aliphatic heterocycles. The Hall–Kier alpha value is -1.29. The first-order valence-corrected chi connectivity index (χ1v) is 5.02. The van der Waals surface area contributed by atoms with Crippen molar-refractivity contribution >= 4 is 0 Å². The number of rotatable bonds is 3. The van der Waals surface area contributed by atoms with Crippen LogP contribution in [0.25, 0.3) is 0 Å². The Morgan fingerprint density at radius 3 is 2.40 bits per heavy atom. The summed E-state index contributed by atoms with van der Waals surface area (Å²) in [4.78, 5) is 0. The Labute approximate surface area is 89.4 Å². The molecule has 1 heterocycles. The molecule has 4 heteroatoms. The fraction of sp³-hybridized carbons (Fsp3) is 0.545. The molecule has 0 spiro atoms. The molecular weight excluding hydrogens is 194 g/mol. The summed E-state index contributed by atoms with van der Waals surface area (Å²) in [5, 5.41) is 28.1. The number of aliphatic hydroxyl groups excluding tert-OH is 1. The van der Waals surface area contributed by atoms with Gasteiger partial charge in [0, 0.05) is 18.9 Å². The molecule has 0 bridgehead atoms. The molecule has 0 aromatic carbocycles. The van der Waals surface area contributed by atoms with Gasteiger partial charge in [-0.2, -0.15) is 4.57 Å². The molecule has 1 aromatic heterocycles. The minimum absolute atomic E-state index is 0.00733. The Morgan fingerprint density at radius 2 is 1.93 bits per heavy atom. The van der Waals surface area contributed by atoms with E-state index in [1.165, 1.54) is 6.07 Å². The van der Waals surface area contributed by atoms with Crippen LogP contribution in [0.15, 0.2) is 12.3 Å². The average Bonchev–Trinajstić information content (AvgIpc) is 2.18. The van der Waals surface area contributed by atoms with Crippen LogP contribution in [0.5, 0.6) is 11.5 Å². The number of hydrogen-bond donors (Lipinski definition) is 3. The van der Waals surface area contributed by atoms with E-state index in [0.29, 0.717) is 5.69 Å². The molecular formula is C11H18NO3+. The maximum atomic E-state index is 9.56. The van der Waals surface area contributed by atoms with Crippen molar-refractivity contribution in [2.45, 2.75) is 26.8 Å². The highest BCUT2D eigenvalue weighted by atomic mass is 16.3. The second-order valence-corrected chi connectivity index (χ2v) is 4.04. The molecule has 0 unspecified atom stereocenters. The van der Waals surface area contributed by atoms with E-state index in [1.54, 1.807) is 17.7 Å². The summed E-state index contributed by atoms with van der Waals surface area (Å²) in [6.45, 7) is 5.71. The minimum atomic E-state index is -0.135. The molecule has 1 atom stereocenters. The Morgan fingerprint density at radius 1 is 1.33 bits per heavy atom. The second-order valence-electron chi connectivity index (χ2n) is 4.04. The second kappa shape index (κ2) is 4.49. The molecule has 0 aliphatic rings. The minimum Gasteiger partial charge on any atom is -0.504 e. The molecule has 1 aromatic rings. The zero-order valence-corrected chi connectivity index (χ0v) is 9.31. The molecule has 0 saturated carbocycles. The molecule has 15 heavy (non-hydrogen) atoms. The number of aromatic hydroxyl groups is 2. The lowest BCUT2D eigenvalue weighted by molar-refractivity contribution is -0.736. The number of pyridine rings is 1. The molecule has 1 rings (SSSR count). The van der Waals surface area contributed by atoms with Crippen LogP contribution >= 0.6 is 0 Å². The van der Waals surface area contributed by atoms with Crippen molar-refractivity contribution in [3.05, 3.63) is 18.0 Å². The smallest absolute Gasteiger partial charge is 0.226 e. The van der Waals surface area contributed by atoms with Crippen molar-refractivity contribution < 1.29 is 19.9 Å². The van der Waals surface area contributed by atoms with Crippen LogP contribution in [0.1, 0.15) is 25.6 Å². The third-order valence-corrected chi connectivity index (χ3v) is 2.68. The number of nitrogens with zero attached hydrogens (tertiary/aromatic N) is 1. The summed E-state index contributed by atoms with van der Waals surface area (Å²) in [5.74, 6) is -0.0107. The molecule has 0 radical (unpaired) electrons. The van der Waals surface area contributed by atoms with Gasteiger partial charge in [0.25, 0.3) is 0 Å². The highest BCUT2D eigenvalue weighted by Gasteiger charge is 2.26. The predicted molar refractivity (Wildman–Crippen MR) is 55.7 cm³/mol. The van der Waals surface area contributed by atoms with E-state index < -0.39 is 0 Å². The maximum absolute atomic E-state index is 9.56. The van der Waals surface area contributed by atoms with E-state index in [4.69, 9.17) is 0 Å². The van der Waals surface area contributed by atoms with Gasteiger partial charge in [0.1, 0.15) is 6.61 Å². The maximum Gasteiger partial charge on any atom is 0.226 e. The number of hydrogen-bond acceptors (Lipinski definition) is 3. The van der Waals surface area contributed by atoms with Gasteiger partial charge in [0.2, 0.25) is 11.4 Å². The van der Waals surface area contributed by atoms with Gasteiger partial charge in [-0.25, -0.2) is 0 Å². The van der Waals surface area contributed by atoms with Crippen LogP contribution < -0.4 is 4.57 Å². The third kappa shape index (κ3) is 2.21. The first kappa shape index (κ1) is 11.8. The fourth-order valence-corrected chi connectivity index (χ4v) is 1.63. The summed E-state index contributed by atoms with van der Waals surface area (Å²) in [6, 6.07) is 1.34. The lowest BCUT2D eigenvalue weighted by Crippen LogP contribution is -2.46. The first-order valence-electron chi connectivity index (χ1n) is 5.02. The summed E-state index contributed by atoms with van der Waals surface area (Å²) in [5.41, 5.74) is 0.558. The van der Waals surface area contributed by atoms with Gasteiger partial charge in [-0.05, 0) is 0 Å². The van der Waals surface area contributed by atoms with Crippen molar-refractivity contribution in [2.75, 3.05) is 6.61 Å².